The van der Waals surface area contributed by atoms with Crippen LogP contribution < -0.4 is 9.64 Å². The van der Waals surface area contributed by atoms with Crippen LogP contribution in [-0.2, 0) is 14.3 Å². The summed E-state index contributed by atoms with van der Waals surface area (Å²) in [5.41, 5.74) is 0.854. The maximum absolute atomic E-state index is 13.0. The van der Waals surface area contributed by atoms with Crippen LogP contribution in [0.25, 0.3) is 0 Å². The minimum atomic E-state index is -0.811. The van der Waals surface area contributed by atoms with Crippen LogP contribution in [0.2, 0.25) is 0 Å². The lowest BCUT2D eigenvalue weighted by molar-refractivity contribution is -0.122. The van der Waals surface area contributed by atoms with Crippen molar-refractivity contribution < 1.29 is 33.4 Å². The molecule has 39 heavy (non-hydrogen) atoms. The van der Waals surface area contributed by atoms with Gasteiger partial charge in [0.1, 0.15) is 5.75 Å². The molecule has 9 heteroatoms. The van der Waals surface area contributed by atoms with Crippen LogP contribution in [0.4, 0.5) is 5.69 Å². The van der Waals surface area contributed by atoms with Gasteiger partial charge < -0.3 is 9.47 Å². The third kappa shape index (κ3) is 5.54. The zero-order chi connectivity index (χ0) is 27.5. The number of hydrogen-bond acceptors (Lipinski definition) is 7. The van der Waals surface area contributed by atoms with Crippen molar-refractivity contribution in [3.63, 3.8) is 0 Å². The number of benzene rings is 3. The highest BCUT2D eigenvalue weighted by atomic mass is 79.9. The molecule has 1 aliphatic carbocycles. The van der Waals surface area contributed by atoms with Gasteiger partial charge in [0.05, 0.1) is 28.7 Å². The molecule has 0 aromatic heterocycles. The Hall–Kier alpha value is -4.11. The third-order valence-corrected chi connectivity index (χ3v) is 7.54. The number of carbonyl (C=O) groups excluding carboxylic acids is 5. The van der Waals surface area contributed by atoms with E-state index in [1.54, 1.807) is 42.5 Å². The predicted molar refractivity (Wildman–Crippen MR) is 145 cm³/mol. The van der Waals surface area contributed by atoms with E-state index >= 15 is 0 Å². The number of esters is 2. The Morgan fingerprint density at radius 3 is 2.00 bits per heavy atom. The first-order chi connectivity index (χ1) is 18.8. The second-order valence-corrected chi connectivity index (χ2v) is 10.4. The summed E-state index contributed by atoms with van der Waals surface area (Å²) in [5.74, 6) is -2.85. The summed E-state index contributed by atoms with van der Waals surface area (Å²) in [4.78, 5) is 65.1. The number of Topliss-reactive ketones (excluding diaryl/α,β-unsaturated/α-hetero) is 1. The molecule has 0 bridgehead atoms. The van der Waals surface area contributed by atoms with Gasteiger partial charge in [-0.1, -0.05) is 40.9 Å². The van der Waals surface area contributed by atoms with Crippen LogP contribution >= 0.6 is 15.9 Å². The smallest absolute Gasteiger partial charge is 0.343 e. The topological polar surface area (TPSA) is 107 Å². The molecule has 3 aromatic carbocycles. The van der Waals surface area contributed by atoms with E-state index in [-0.39, 0.29) is 46.2 Å². The lowest BCUT2D eigenvalue weighted by Crippen LogP contribution is -2.32. The number of amides is 2. The number of hydrogen-bond donors (Lipinski definition) is 0. The lowest BCUT2D eigenvalue weighted by atomic mass is 9.81. The van der Waals surface area contributed by atoms with Gasteiger partial charge in [0, 0.05) is 10.0 Å². The van der Waals surface area contributed by atoms with Gasteiger partial charge in [-0.05, 0) is 73.5 Å². The van der Waals surface area contributed by atoms with Gasteiger partial charge in [0.15, 0.2) is 12.4 Å². The summed E-state index contributed by atoms with van der Waals surface area (Å²) in [6, 6.07) is 18.9. The number of rotatable bonds is 7. The summed E-state index contributed by atoms with van der Waals surface area (Å²) in [7, 11) is 0. The van der Waals surface area contributed by atoms with Gasteiger partial charge in [0.25, 0.3) is 0 Å². The molecule has 2 aliphatic rings. The molecule has 0 N–H and O–H groups in total. The molecular formula is C30H24BrNO7. The molecule has 1 saturated carbocycles. The molecule has 2 amide bonds. The van der Waals surface area contributed by atoms with E-state index in [1.165, 1.54) is 30.3 Å². The van der Waals surface area contributed by atoms with Crippen molar-refractivity contribution in [1.29, 1.82) is 0 Å². The van der Waals surface area contributed by atoms with E-state index < -0.39 is 24.3 Å². The number of fused-ring (bicyclic) bond motifs is 1. The highest BCUT2D eigenvalue weighted by Gasteiger charge is 2.49. The van der Waals surface area contributed by atoms with Crippen molar-refractivity contribution in [2.75, 3.05) is 11.5 Å². The fourth-order valence-electron chi connectivity index (χ4n) is 4.99. The Bertz CT molecular complexity index is 1420. The molecule has 198 valence electrons. The van der Waals surface area contributed by atoms with Crippen molar-refractivity contribution in [3.05, 3.63) is 94.0 Å². The molecule has 8 nitrogen and oxygen atoms in total. The standard InChI is InChI=1S/C30H24BrNO7/c31-20-13-9-19(10-14-20)29(36)39-21-15-11-18(12-16-21)26(33)17-38-30(37)24-7-3-4-8-25(24)32-27(34)22-5-1-2-6-23(22)28(32)35/h3-4,7-16,22-23H,1-2,5-6,17H2. The summed E-state index contributed by atoms with van der Waals surface area (Å²) >= 11 is 3.31. The van der Waals surface area contributed by atoms with Crippen molar-refractivity contribution in [2.24, 2.45) is 11.8 Å². The Morgan fingerprint density at radius 2 is 1.36 bits per heavy atom. The first-order valence-corrected chi connectivity index (χ1v) is 13.4. The van der Waals surface area contributed by atoms with E-state index in [0.29, 0.717) is 18.4 Å². The molecule has 0 spiro atoms. The largest absolute Gasteiger partial charge is 0.454 e. The molecule has 1 saturated heterocycles. The molecule has 1 aliphatic heterocycles. The van der Waals surface area contributed by atoms with Crippen LogP contribution in [0.1, 0.15) is 56.8 Å². The minimum absolute atomic E-state index is 0.0425. The van der Waals surface area contributed by atoms with E-state index in [4.69, 9.17) is 9.47 Å². The fourth-order valence-corrected chi connectivity index (χ4v) is 5.26. The molecule has 2 atom stereocenters. The van der Waals surface area contributed by atoms with Gasteiger partial charge in [-0.2, -0.15) is 0 Å². The zero-order valence-electron chi connectivity index (χ0n) is 20.8. The molecule has 1 heterocycles. The van der Waals surface area contributed by atoms with Crippen LogP contribution in [0.15, 0.2) is 77.3 Å². The number of ether oxygens (including phenoxy) is 2. The molecule has 2 unspecified atom stereocenters. The lowest BCUT2D eigenvalue weighted by Gasteiger charge is -2.19. The van der Waals surface area contributed by atoms with Crippen LogP contribution in [0.5, 0.6) is 5.75 Å². The second kappa shape index (κ2) is 11.3. The van der Waals surface area contributed by atoms with Crippen LogP contribution in [0, 0.1) is 11.8 Å². The monoisotopic (exact) mass is 589 g/mol. The Morgan fingerprint density at radius 1 is 0.769 bits per heavy atom. The SMILES string of the molecule is O=C(COC(=O)c1ccccc1N1C(=O)C2CCCCC2C1=O)c1ccc(OC(=O)c2ccc(Br)cc2)cc1. The number of carbonyl (C=O) groups is 5. The van der Waals surface area contributed by atoms with Crippen molar-refractivity contribution >= 4 is 51.2 Å². The number of para-hydroxylation sites is 1. The summed E-state index contributed by atoms with van der Waals surface area (Å²) in [5, 5.41) is 0. The summed E-state index contributed by atoms with van der Waals surface area (Å²) < 4.78 is 11.4. The first-order valence-electron chi connectivity index (χ1n) is 12.6. The molecule has 3 aromatic rings. The Labute approximate surface area is 233 Å². The van der Waals surface area contributed by atoms with Crippen molar-refractivity contribution in [1.82, 2.24) is 0 Å². The van der Waals surface area contributed by atoms with Gasteiger partial charge in [0.2, 0.25) is 11.8 Å². The maximum Gasteiger partial charge on any atom is 0.343 e. The number of anilines is 1. The average molecular weight is 590 g/mol. The van der Waals surface area contributed by atoms with Gasteiger partial charge in [-0.3, -0.25) is 14.4 Å². The highest BCUT2D eigenvalue weighted by molar-refractivity contribution is 9.10. The zero-order valence-corrected chi connectivity index (χ0v) is 22.4. The summed E-state index contributed by atoms with van der Waals surface area (Å²) in [6.45, 7) is -0.543. The van der Waals surface area contributed by atoms with E-state index in [9.17, 15) is 24.0 Å². The number of imide groups is 1. The van der Waals surface area contributed by atoms with Crippen molar-refractivity contribution in [3.8, 4) is 5.75 Å². The molecule has 0 radical (unpaired) electrons. The minimum Gasteiger partial charge on any atom is -0.454 e. The van der Waals surface area contributed by atoms with Gasteiger partial charge in [-0.25, -0.2) is 14.5 Å². The fraction of sp³-hybridized carbons (Fsp3) is 0.233. The molecular weight excluding hydrogens is 566 g/mol. The summed E-state index contributed by atoms with van der Waals surface area (Å²) in [6.07, 6.45) is 3.12. The third-order valence-electron chi connectivity index (χ3n) is 7.01. The average Bonchev–Trinajstić information content (AvgIpc) is 3.21. The highest BCUT2D eigenvalue weighted by Crippen LogP contribution is 2.41. The van der Waals surface area contributed by atoms with E-state index in [1.807, 2.05) is 0 Å². The van der Waals surface area contributed by atoms with E-state index in [2.05, 4.69) is 15.9 Å². The molecule has 5 rings (SSSR count). The first kappa shape index (κ1) is 26.5. The predicted octanol–water partition coefficient (Wildman–Crippen LogP) is 5.39. The Kier molecular flexibility index (Phi) is 7.70. The van der Waals surface area contributed by atoms with E-state index in [0.717, 1.165) is 22.2 Å². The second-order valence-electron chi connectivity index (χ2n) is 9.45. The number of halogens is 1. The Balaban J connectivity index is 1.22. The normalized spacial score (nSPS) is 18.4. The van der Waals surface area contributed by atoms with Crippen molar-refractivity contribution in [2.45, 2.75) is 25.7 Å². The van der Waals surface area contributed by atoms with Crippen LogP contribution in [0.3, 0.4) is 0 Å². The quantitative estimate of drug-likeness (QED) is 0.157. The van der Waals surface area contributed by atoms with Gasteiger partial charge >= 0.3 is 11.9 Å². The molecule has 2 fully saturated rings. The van der Waals surface area contributed by atoms with Crippen LogP contribution in [-0.4, -0.2) is 36.1 Å². The maximum atomic E-state index is 13.0. The number of nitrogens with zero attached hydrogens (tertiary/aromatic N) is 1. The van der Waals surface area contributed by atoms with Gasteiger partial charge in [-0.15, -0.1) is 0 Å². The number of ketones is 1.